The number of hydrogen-bond acceptors (Lipinski definition) is 3. The lowest BCUT2D eigenvalue weighted by Gasteiger charge is -2.08. The molecule has 130 valence electrons. The lowest BCUT2D eigenvalue weighted by molar-refractivity contribution is 0.294. The zero-order valence-electron chi connectivity index (χ0n) is 14.5. The topological polar surface area (TPSA) is 49.0 Å². The second kappa shape index (κ2) is 7.15. The van der Waals surface area contributed by atoms with Gasteiger partial charge in [-0.1, -0.05) is 17.7 Å². The molecule has 6 heteroatoms. The van der Waals surface area contributed by atoms with E-state index in [0.29, 0.717) is 29.7 Å². The predicted molar refractivity (Wildman–Crippen MR) is 99.0 cm³/mol. The second-order valence-electron chi connectivity index (χ2n) is 6.04. The standard InChI is InChI=1S/C19H20ClN3O2/c1-13-10-14(2)12-18(11-13)25-9-8-22-15(3)21-23(19(22)24)17-6-4-16(20)5-7-17/h4-7,10-12H,8-9H2,1-3H3. The molecule has 25 heavy (non-hydrogen) atoms. The van der Waals surface area contributed by atoms with E-state index in [2.05, 4.69) is 11.2 Å². The smallest absolute Gasteiger partial charge is 0.350 e. The molecule has 2 aromatic carbocycles. The van der Waals surface area contributed by atoms with Gasteiger partial charge >= 0.3 is 5.69 Å². The first-order valence-corrected chi connectivity index (χ1v) is 8.45. The molecule has 0 atom stereocenters. The van der Waals surface area contributed by atoms with Crippen LogP contribution in [0.1, 0.15) is 17.0 Å². The van der Waals surface area contributed by atoms with Crippen LogP contribution in [0.25, 0.3) is 5.69 Å². The maximum Gasteiger partial charge on any atom is 0.350 e. The SMILES string of the molecule is Cc1cc(C)cc(OCCn2c(C)nn(-c3ccc(Cl)cc3)c2=O)c1. The molecule has 0 bridgehead atoms. The summed E-state index contributed by atoms with van der Waals surface area (Å²) in [5, 5.41) is 4.95. The summed E-state index contributed by atoms with van der Waals surface area (Å²) in [5.41, 5.74) is 2.80. The molecule has 0 unspecified atom stereocenters. The van der Waals surface area contributed by atoms with Crippen molar-refractivity contribution < 1.29 is 4.74 Å². The predicted octanol–water partition coefficient (Wildman–Crippen LogP) is 3.69. The summed E-state index contributed by atoms with van der Waals surface area (Å²) >= 11 is 5.89. The van der Waals surface area contributed by atoms with Crippen molar-refractivity contribution in [1.29, 1.82) is 0 Å². The van der Waals surface area contributed by atoms with Gasteiger partial charge in [0.2, 0.25) is 0 Å². The highest BCUT2D eigenvalue weighted by molar-refractivity contribution is 6.30. The van der Waals surface area contributed by atoms with Crippen LogP contribution in [-0.4, -0.2) is 21.0 Å². The summed E-state index contributed by atoms with van der Waals surface area (Å²) in [7, 11) is 0. The first kappa shape index (κ1) is 17.3. The molecule has 1 aromatic heterocycles. The Balaban J connectivity index is 1.75. The number of halogens is 1. The minimum Gasteiger partial charge on any atom is -0.492 e. The van der Waals surface area contributed by atoms with Gasteiger partial charge < -0.3 is 4.74 Å². The number of rotatable bonds is 5. The molecular weight excluding hydrogens is 338 g/mol. The van der Waals surface area contributed by atoms with Crippen molar-refractivity contribution in [3.63, 3.8) is 0 Å². The van der Waals surface area contributed by atoms with Crippen LogP contribution in [0.2, 0.25) is 5.02 Å². The summed E-state index contributed by atoms with van der Waals surface area (Å²) in [5.74, 6) is 1.46. The molecule has 3 rings (SSSR count). The zero-order chi connectivity index (χ0) is 18.0. The van der Waals surface area contributed by atoms with Gasteiger partial charge in [0.15, 0.2) is 0 Å². The summed E-state index contributed by atoms with van der Waals surface area (Å²) in [6.45, 7) is 6.71. The molecule has 0 spiro atoms. The van der Waals surface area contributed by atoms with Crippen molar-refractivity contribution >= 4 is 11.6 Å². The van der Waals surface area contributed by atoms with E-state index in [1.165, 1.54) is 4.68 Å². The van der Waals surface area contributed by atoms with E-state index in [0.717, 1.165) is 16.9 Å². The lowest BCUT2D eigenvalue weighted by atomic mass is 10.1. The summed E-state index contributed by atoms with van der Waals surface area (Å²) in [6.07, 6.45) is 0. The van der Waals surface area contributed by atoms with Gasteiger partial charge in [0.1, 0.15) is 18.2 Å². The third-order valence-electron chi connectivity index (χ3n) is 3.90. The number of nitrogens with zero attached hydrogens (tertiary/aromatic N) is 3. The Morgan fingerprint density at radius 2 is 1.68 bits per heavy atom. The lowest BCUT2D eigenvalue weighted by Crippen LogP contribution is -2.26. The molecule has 0 amide bonds. The quantitative estimate of drug-likeness (QED) is 0.699. The Morgan fingerprint density at radius 1 is 1.04 bits per heavy atom. The number of ether oxygens (including phenoxy) is 1. The monoisotopic (exact) mass is 357 g/mol. The zero-order valence-corrected chi connectivity index (χ0v) is 15.2. The highest BCUT2D eigenvalue weighted by Gasteiger charge is 2.11. The van der Waals surface area contributed by atoms with Crippen LogP contribution in [0.4, 0.5) is 0 Å². The maximum absolute atomic E-state index is 12.6. The van der Waals surface area contributed by atoms with Crippen LogP contribution in [0, 0.1) is 20.8 Å². The van der Waals surface area contributed by atoms with Crippen LogP contribution >= 0.6 is 11.6 Å². The Labute approximate surface area is 151 Å². The fourth-order valence-electron chi connectivity index (χ4n) is 2.77. The average molecular weight is 358 g/mol. The van der Waals surface area contributed by atoms with E-state index in [4.69, 9.17) is 16.3 Å². The van der Waals surface area contributed by atoms with E-state index in [-0.39, 0.29) is 5.69 Å². The molecule has 0 aliphatic rings. The van der Waals surface area contributed by atoms with Crippen LogP contribution in [-0.2, 0) is 6.54 Å². The van der Waals surface area contributed by atoms with E-state index < -0.39 is 0 Å². The first-order chi connectivity index (χ1) is 11.9. The molecule has 0 saturated heterocycles. The Morgan fingerprint density at radius 3 is 2.32 bits per heavy atom. The minimum atomic E-state index is -0.191. The van der Waals surface area contributed by atoms with Crippen molar-refractivity contribution in [2.75, 3.05) is 6.61 Å². The van der Waals surface area contributed by atoms with Gasteiger partial charge in [0.25, 0.3) is 0 Å². The molecule has 0 saturated carbocycles. The molecule has 0 aliphatic heterocycles. The van der Waals surface area contributed by atoms with E-state index in [1.54, 1.807) is 28.8 Å². The van der Waals surface area contributed by atoms with Crippen molar-refractivity contribution in [3.8, 4) is 11.4 Å². The van der Waals surface area contributed by atoms with Gasteiger partial charge in [-0.2, -0.15) is 9.78 Å². The third kappa shape index (κ3) is 3.94. The number of aromatic nitrogens is 3. The van der Waals surface area contributed by atoms with Crippen LogP contribution in [0.5, 0.6) is 5.75 Å². The molecule has 0 aliphatic carbocycles. The molecule has 0 fully saturated rings. The third-order valence-corrected chi connectivity index (χ3v) is 4.15. The number of hydrogen-bond donors (Lipinski definition) is 0. The molecule has 0 radical (unpaired) electrons. The summed E-state index contributed by atoms with van der Waals surface area (Å²) < 4.78 is 8.78. The van der Waals surface area contributed by atoms with Crippen LogP contribution < -0.4 is 10.4 Å². The average Bonchev–Trinajstić information content (AvgIpc) is 2.83. The molecule has 3 aromatic rings. The van der Waals surface area contributed by atoms with Gasteiger partial charge in [-0.25, -0.2) is 4.79 Å². The first-order valence-electron chi connectivity index (χ1n) is 8.07. The number of benzene rings is 2. The summed E-state index contributed by atoms with van der Waals surface area (Å²) in [6, 6.07) is 13.1. The van der Waals surface area contributed by atoms with Crippen LogP contribution in [0.3, 0.4) is 0 Å². The fourth-order valence-corrected chi connectivity index (χ4v) is 2.90. The maximum atomic E-state index is 12.6. The van der Waals surface area contributed by atoms with Crippen molar-refractivity contribution in [1.82, 2.24) is 14.3 Å². The molecule has 5 nitrogen and oxygen atoms in total. The van der Waals surface area contributed by atoms with Crippen molar-refractivity contribution in [2.24, 2.45) is 0 Å². The Bertz CT molecular complexity index is 922. The van der Waals surface area contributed by atoms with Gasteiger partial charge in [0, 0.05) is 5.02 Å². The Kier molecular flexibility index (Phi) is 4.95. The van der Waals surface area contributed by atoms with Crippen molar-refractivity contribution in [2.45, 2.75) is 27.3 Å². The van der Waals surface area contributed by atoms with Gasteiger partial charge in [-0.3, -0.25) is 4.57 Å². The normalized spacial score (nSPS) is 10.9. The Hall–Kier alpha value is -2.53. The number of aryl methyl sites for hydroxylation is 3. The van der Waals surface area contributed by atoms with Gasteiger partial charge in [0.05, 0.1) is 12.2 Å². The molecule has 1 heterocycles. The van der Waals surface area contributed by atoms with Crippen molar-refractivity contribution in [3.05, 3.63) is 74.9 Å². The largest absolute Gasteiger partial charge is 0.492 e. The minimum absolute atomic E-state index is 0.191. The molecular formula is C19H20ClN3O2. The summed E-state index contributed by atoms with van der Waals surface area (Å²) in [4.78, 5) is 12.6. The van der Waals surface area contributed by atoms with E-state index in [9.17, 15) is 4.79 Å². The highest BCUT2D eigenvalue weighted by atomic mass is 35.5. The van der Waals surface area contributed by atoms with Gasteiger partial charge in [-0.15, -0.1) is 0 Å². The van der Waals surface area contributed by atoms with Crippen LogP contribution in [0.15, 0.2) is 47.3 Å². The van der Waals surface area contributed by atoms with Gasteiger partial charge in [-0.05, 0) is 68.3 Å². The highest BCUT2D eigenvalue weighted by Crippen LogP contribution is 2.16. The molecule has 0 N–H and O–H groups in total. The fraction of sp³-hybridized carbons (Fsp3) is 0.263. The second-order valence-corrected chi connectivity index (χ2v) is 6.48. The van der Waals surface area contributed by atoms with E-state index >= 15 is 0 Å². The van der Waals surface area contributed by atoms with E-state index in [1.807, 2.05) is 32.9 Å².